The molecule has 2 rings (SSSR count). The largest absolute Gasteiger partial charge is 0.380 e. The Morgan fingerprint density at radius 2 is 1.95 bits per heavy atom. The van der Waals surface area contributed by atoms with E-state index in [0.29, 0.717) is 12.6 Å². The van der Waals surface area contributed by atoms with Crippen LogP contribution in [-0.2, 0) is 11.3 Å². The molecule has 0 spiro atoms. The molecule has 0 saturated heterocycles. The number of para-hydroxylation sites is 1. The molecule has 104 valence electrons. The first-order valence-corrected chi connectivity index (χ1v) is 6.27. The molecule has 0 aliphatic rings. The maximum atomic E-state index is 5.50. The number of hydrogen-bond acceptors (Lipinski definition) is 3. The number of hydrogen-bond donors (Lipinski definition) is 3. The van der Waals surface area contributed by atoms with Crippen LogP contribution in [0.1, 0.15) is 5.56 Å². The fourth-order valence-corrected chi connectivity index (χ4v) is 1.77. The normalized spacial score (nSPS) is 11.2. The number of methoxy groups -OCH3 is 1. The molecule has 2 aromatic rings. The number of benzene rings is 2. The highest BCUT2D eigenvalue weighted by molar-refractivity contribution is 5.94. The van der Waals surface area contributed by atoms with Crippen LogP contribution in [0.2, 0.25) is 0 Å². The van der Waals surface area contributed by atoms with Crippen LogP contribution in [0, 0.1) is 0 Å². The van der Waals surface area contributed by atoms with E-state index < -0.39 is 0 Å². The fraction of sp³-hybridized carbons (Fsp3) is 0.133. The lowest BCUT2D eigenvalue weighted by molar-refractivity contribution is 0.185. The molecule has 0 heterocycles. The Morgan fingerprint density at radius 3 is 2.65 bits per heavy atom. The van der Waals surface area contributed by atoms with E-state index in [1.807, 2.05) is 54.6 Å². The Hall–Kier alpha value is -2.37. The van der Waals surface area contributed by atoms with Crippen molar-refractivity contribution in [3.8, 4) is 0 Å². The molecule has 0 aliphatic heterocycles. The Kier molecular flexibility index (Phi) is 5.11. The maximum absolute atomic E-state index is 5.50. The van der Waals surface area contributed by atoms with Gasteiger partial charge in [-0.05, 0) is 29.8 Å². The second-order valence-corrected chi connectivity index (χ2v) is 4.20. The number of nitrogens with zero attached hydrogens (tertiary/aromatic N) is 1. The van der Waals surface area contributed by atoms with Gasteiger partial charge < -0.3 is 10.1 Å². The van der Waals surface area contributed by atoms with Gasteiger partial charge in [0.25, 0.3) is 0 Å². The monoisotopic (exact) mass is 270 g/mol. The standard InChI is InChI=1S/C15H18N4O/c1-20-11-12-6-5-9-14(10-12)18-15(19-16)17-13-7-3-2-4-8-13/h2-10H,11,16H2,1H3,(H2,17,18,19). The highest BCUT2D eigenvalue weighted by Crippen LogP contribution is 2.13. The number of hydrazine groups is 1. The SMILES string of the molecule is COCc1cccc(NC(=Nc2ccccc2)NN)c1. The van der Waals surface area contributed by atoms with Crippen molar-refractivity contribution in [1.82, 2.24) is 5.43 Å². The lowest BCUT2D eigenvalue weighted by atomic mass is 10.2. The minimum atomic E-state index is 0.478. The topological polar surface area (TPSA) is 71.7 Å². The molecular weight excluding hydrogens is 252 g/mol. The van der Waals surface area contributed by atoms with E-state index in [0.717, 1.165) is 16.9 Å². The van der Waals surface area contributed by atoms with Crippen molar-refractivity contribution in [2.75, 3.05) is 12.4 Å². The lowest BCUT2D eigenvalue weighted by Crippen LogP contribution is -2.36. The van der Waals surface area contributed by atoms with Gasteiger partial charge in [0.05, 0.1) is 12.3 Å². The van der Waals surface area contributed by atoms with Crippen LogP contribution >= 0.6 is 0 Å². The molecule has 20 heavy (non-hydrogen) atoms. The van der Waals surface area contributed by atoms with Gasteiger partial charge in [0.15, 0.2) is 0 Å². The van der Waals surface area contributed by atoms with Crippen molar-refractivity contribution in [2.45, 2.75) is 6.61 Å². The Morgan fingerprint density at radius 1 is 1.15 bits per heavy atom. The summed E-state index contributed by atoms with van der Waals surface area (Å²) in [5, 5.41) is 3.13. The van der Waals surface area contributed by atoms with Crippen molar-refractivity contribution in [3.05, 3.63) is 60.2 Å². The minimum Gasteiger partial charge on any atom is -0.380 e. The molecule has 0 bridgehead atoms. The minimum absolute atomic E-state index is 0.478. The van der Waals surface area contributed by atoms with Gasteiger partial charge in [0, 0.05) is 12.8 Å². The number of aliphatic imine (C=N–C) groups is 1. The average molecular weight is 270 g/mol. The number of guanidine groups is 1. The smallest absolute Gasteiger partial charge is 0.215 e. The van der Waals surface area contributed by atoms with Crippen molar-refractivity contribution < 1.29 is 4.74 Å². The molecule has 5 heteroatoms. The highest BCUT2D eigenvalue weighted by Gasteiger charge is 2.00. The summed E-state index contributed by atoms with van der Waals surface area (Å²) >= 11 is 0. The van der Waals surface area contributed by atoms with Crippen LogP contribution in [0.5, 0.6) is 0 Å². The number of nitrogens with one attached hydrogen (secondary N) is 2. The van der Waals surface area contributed by atoms with Crippen LogP contribution in [-0.4, -0.2) is 13.1 Å². The zero-order valence-electron chi connectivity index (χ0n) is 11.3. The molecule has 0 atom stereocenters. The van der Waals surface area contributed by atoms with Gasteiger partial charge in [-0.25, -0.2) is 10.8 Å². The molecule has 2 aromatic carbocycles. The summed E-state index contributed by atoms with van der Waals surface area (Å²) in [6.07, 6.45) is 0. The van der Waals surface area contributed by atoms with Crippen LogP contribution < -0.4 is 16.6 Å². The molecule has 0 amide bonds. The predicted molar refractivity (Wildman–Crippen MR) is 81.6 cm³/mol. The highest BCUT2D eigenvalue weighted by atomic mass is 16.5. The van der Waals surface area contributed by atoms with E-state index in [9.17, 15) is 0 Å². The van der Waals surface area contributed by atoms with Gasteiger partial charge in [-0.3, -0.25) is 5.43 Å². The number of ether oxygens (including phenoxy) is 1. The quantitative estimate of drug-likeness (QED) is 0.345. The van der Waals surface area contributed by atoms with Crippen molar-refractivity contribution in [1.29, 1.82) is 0 Å². The Labute approximate surface area is 118 Å². The molecule has 0 radical (unpaired) electrons. The van der Waals surface area contributed by atoms with Gasteiger partial charge in [-0.2, -0.15) is 0 Å². The van der Waals surface area contributed by atoms with Crippen LogP contribution in [0.3, 0.4) is 0 Å². The third-order valence-corrected chi connectivity index (χ3v) is 2.63. The molecule has 0 aliphatic carbocycles. The summed E-state index contributed by atoms with van der Waals surface area (Å²) in [5.41, 5.74) is 5.35. The molecule has 4 N–H and O–H groups in total. The molecule has 0 aromatic heterocycles. The van der Waals surface area contributed by atoms with E-state index in [4.69, 9.17) is 10.6 Å². The summed E-state index contributed by atoms with van der Waals surface area (Å²) in [6.45, 7) is 0.566. The Balaban J connectivity index is 2.14. The third-order valence-electron chi connectivity index (χ3n) is 2.63. The third kappa shape index (κ3) is 4.08. The number of rotatable bonds is 4. The van der Waals surface area contributed by atoms with E-state index in [2.05, 4.69) is 15.7 Å². The molecule has 0 unspecified atom stereocenters. The van der Waals surface area contributed by atoms with E-state index >= 15 is 0 Å². The first kappa shape index (κ1) is 14.0. The van der Waals surface area contributed by atoms with Gasteiger partial charge in [-0.1, -0.05) is 30.3 Å². The lowest BCUT2D eigenvalue weighted by Gasteiger charge is -2.10. The van der Waals surface area contributed by atoms with Gasteiger partial charge in [0.2, 0.25) is 5.96 Å². The summed E-state index contributed by atoms with van der Waals surface area (Å²) in [4.78, 5) is 4.39. The summed E-state index contributed by atoms with van der Waals surface area (Å²) < 4.78 is 5.11. The predicted octanol–water partition coefficient (Wildman–Crippen LogP) is 2.40. The Bertz CT molecular complexity index is 569. The summed E-state index contributed by atoms with van der Waals surface area (Å²) in [6, 6.07) is 17.5. The molecule has 0 fully saturated rings. The van der Waals surface area contributed by atoms with Crippen LogP contribution in [0.25, 0.3) is 0 Å². The van der Waals surface area contributed by atoms with E-state index in [-0.39, 0.29) is 0 Å². The number of nitrogens with two attached hydrogens (primary N) is 1. The molecule has 5 nitrogen and oxygen atoms in total. The van der Waals surface area contributed by atoms with Gasteiger partial charge in [0.1, 0.15) is 0 Å². The summed E-state index contributed by atoms with van der Waals surface area (Å²) in [7, 11) is 1.67. The van der Waals surface area contributed by atoms with E-state index in [1.54, 1.807) is 7.11 Å². The van der Waals surface area contributed by atoms with Crippen molar-refractivity contribution in [3.63, 3.8) is 0 Å². The fourth-order valence-electron chi connectivity index (χ4n) is 1.77. The van der Waals surface area contributed by atoms with E-state index in [1.165, 1.54) is 0 Å². The first-order chi connectivity index (χ1) is 9.81. The second-order valence-electron chi connectivity index (χ2n) is 4.20. The van der Waals surface area contributed by atoms with Crippen molar-refractivity contribution >= 4 is 17.3 Å². The molecule has 0 saturated carbocycles. The number of anilines is 1. The van der Waals surface area contributed by atoms with Gasteiger partial charge in [-0.15, -0.1) is 0 Å². The zero-order chi connectivity index (χ0) is 14.2. The summed E-state index contributed by atoms with van der Waals surface area (Å²) in [5.74, 6) is 5.97. The van der Waals surface area contributed by atoms with Crippen molar-refractivity contribution in [2.24, 2.45) is 10.8 Å². The zero-order valence-corrected chi connectivity index (χ0v) is 11.3. The van der Waals surface area contributed by atoms with Gasteiger partial charge >= 0.3 is 0 Å². The van der Waals surface area contributed by atoms with Crippen LogP contribution in [0.15, 0.2) is 59.6 Å². The second kappa shape index (κ2) is 7.28. The average Bonchev–Trinajstić information content (AvgIpc) is 2.48. The maximum Gasteiger partial charge on any atom is 0.215 e. The van der Waals surface area contributed by atoms with Crippen LogP contribution in [0.4, 0.5) is 11.4 Å². The first-order valence-electron chi connectivity index (χ1n) is 6.27. The molecular formula is C15H18N4O.